The van der Waals surface area contributed by atoms with Crippen LogP contribution >= 0.6 is 0 Å². The summed E-state index contributed by atoms with van der Waals surface area (Å²) in [6, 6.07) is 15.6. The van der Waals surface area contributed by atoms with E-state index in [0.29, 0.717) is 0 Å². The molecule has 0 unspecified atom stereocenters. The van der Waals surface area contributed by atoms with Gasteiger partial charge in [-0.2, -0.15) is 0 Å². The fourth-order valence-corrected chi connectivity index (χ4v) is 1.11. The number of aromatic nitrogens is 4. The van der Waals surface area contributed by atoms with Crippen molar-refractivity contribution in [2.45, 2.75) is 0 Å². The van der Waals surface area contributed by atoms with Crippen LogP contribution in [0.3, 0.4) is 0 Å². The van der Waals surface area contributed by atoms with Crippen molar-refractivity contribution in [3.8, 4) is 0 Å². The van der Waals surface area contributed by atoms with Crippen LogP contribution in [0.4, 0.5) is 0 Å². The molecule has 0 aromatic carbocycles. The predicted octanol–water partition coefficient (Wildman–Crippen LogP) is 3.68. The largest absolute Gasteiger partial charge is 0.368 e. The Morgan fingerprint density at radius 2 is 0.429 bits per heavy atom. The van der Waals surface area contributed by atoms with Crippen molar-refractivity contribution >= 4 is 25.8 Å². The minimum absolute atomic E-state index is 0. The van der Waals surface area contributed by atoms with E-state index in [9.17, 15) is 0 Å². The van der Waals surface area contributed by atoms with E-state index in [1.165, 1.54) is 0 Å². The first kappa shape index (κ1) is 19.0. The van der Waals surface area contributed by atoms with Gasteiger partial charge in [0.15, 0.2) is 0 Å². The van der Waals surface area contributed by atoms with Gasteiger partial charge in [-0.1, -0.05) is 0 Å². The van der Waals surface area contributed by atoms with Gasteiger partial charge in [0.2, 0.25) is 0 Å². The van der Waals surface area contributed by atoms with E-state index < -0.39 is 0 Å². The number of H-pyrrole nitrogens is 4. The topological polar surface area (TPSA) is 63.2 Å². The van der Waals surface area contributed by atoms with Gasteiger partial charge in [0.05, 0.1) is 0 Å². The maximum absolute atomic E-state index is 2.86. The maximum atomic E-state index is 2.86. The number of hydrogen-bond donors (Lipinski definition) is 4. The summed E-state index contributed by atoms with van der Waals surface area (Å²) < 4.78 is 0. The monoisotopic (exact) mass is 383 g/mol. The Morgan fingerprint density at radius 1 is 0.286 bits per heavy atom. The van der Waals surface area contributed by atoms with Gasteiger partial charge in [0.1, 0.15) is 0 Å². The molecule has 4 aromatic rings. The Labute approximate surface area is 143 Å². The SMILES string of the molecule is [In].c1cc[nH]c1.c1cc[nH]c1.c1cc[nH]c1.c1cc[nH]c1. The maximum Gasteiger partial charge on any atom is 0.000496 e. The van der Waals surface area contributed by atoms with Gasteiger partial charge in [0.25, 0.3) is 0 Å². The summed E-state index contributed by atoms with van der Waals surface area (Å²) in [5, 5.41) is 0. The molecule has 4 heterocycles. The molecular weight excluding hydrogens is 363 g/mol. The van der Waals surface area contributed by atoms with E-state index in [1.807, 2.05) is 98.1 Å². The van der Waals surface area contributed by atoms with Crippen molar-refractivity contribution in [1.82, 2.24) is 19.9 Å². The van der Waals surface area contributed by atoms with Gasteiger partial charge in [-0.3, -0.25) is 0 Å². The minimum atomic E-state index is 0. The van der Waals surface area contributed by atoms with E-state index in [2.05, 4.69) is 19.9 Å². The smallest absolute Gasteiger partial charge is 0.000496 e. The predicted molar refractivity (Wildman–Crippen MR) is 88.9 cm³/mol. The van der Waals surface area contributed by atoms with E-state index in [0.717, 1.165) is 0 Å². The summed E-state index contributed by atoms with van der Waals surface area (Å²) in [7, 11) is 0. The van der Waals surface area contributed by atoms with Crippen LogP contribution in [0.1, 0.15) is 0 Å². The van der Waals surface area contributed by atoms with Gasteiger partial charge < -0.3 is 19.9 Å². The molecule has 0 saturated carbocycles. The Bertz CT molecular complexity index is 351. The number of nitrogens with one attached hydrogen (secondary N) is 4. The summed E-state index contributed by atoms with van der Waals surface area (Å²) in [5.41, 5.74) is 0. The summed E-state index contributed by atoms with van der Waals surface area (Å²) in [5.74, 6) is 0. The van der Waals surface area contributed by atoms with Gasteiger partial charge in [-0.25, -0.2) is 0 Å². The summed E-state index contributed by atoms with van der Waals surface area (Å²) in [4.78, 5) is 11.4. The first-order chi connectivity index (χ1) is 10.0. The van der Waals surface area contributed by atoms with Crippen LogP contribution in [0, 0.1) is 0 Å². The van der Waals surface area contributed by atoms with Crippen molar-refractivity contribution in [2.24, 2.45) is 0 Å². The first-order valence-electron chi connectivity index (χ1n) is 6.31. The average molecular weight is 383 g/mol. The molecule has 0 bridgehead atoms. The molecule has 0 fully saturated rings. The fraction of sp³-hybridized carbons (Fsp3) is 0. The Balaban J connectivity index is 0.000000250. The molecule has 4 aromatic heterocycles. The molecule has 3 radical (unpaired) electrons. The van der Waals surface area contributed by atoms with Crippen LogP contribution in [-0.4, -0.2) is 45.8 Å². The second-order valence-corrected chi connectivity index (χ2v) is 3.54. The Kier molecular flexibility index (Phi) is 14.5. The van der Waals surface area contributed by atoms with Gasteiger partial charge in [-0.05, 0) is 48.5 Å². The van der Waals surface area contributed by atoms with Crippen molar-refractivity contribution < 1.29 is 0 Å². The van der Waals surface area contributed by atoms with Crippen LogP contribution in [-0.2, 0) is 0 Å². The van der Waals surface area contributed by atoms with Crippen LogP contribution < -0.4 is 0 Å². The molecule has 0 saturated heterocycles. The third kappa shape index (κ3) is 14.2. The second-order valence-electron chi connectivity index (χ2n) is 3.54. The van der Waals surface area contributed by atoms with Crippen molar-refractivity contribution in [2.75, 3.05) is 0 Å². The fourth-order valence-electron chi connectivity index (χ4n) is 1.11. The third-order valence-corrected chi connectivity index (χ3v) is 1.98. The normalized spacial score (nSPS) is 7.62. The van der Waals surface area contributed by atoms with Crippen LogP contribution in [0.5, 0.6) is 0 Å². The molecule has 4 nitrogen and oxygen atoms in total. The Hall–Kier alpha value is -2.01. The number of rotatable bonds is 0. The number of hydrogen-bond acceptors (Lipinski definition) is 0. The zero-order chi connectivity index (χ0) is 14.1. The van der Waals surface area contributed by atoms with Crippen molar-refractivity contribution in [3.05, 3.63) is 98.1 Å². The Morgan fingerprint density at radius 3 is 0.476 bits per heavy atom. The quantitative estimate of drug-likeness (QED) is 0.358. The van der Waals surface area contributed by atoms with E-state index in [1.54, 1.807) is 0 Å². The van der Waals surface area contributed by atoms with E-state index in [4.69, 9.17) is 0 Å². The van der Waals surface area contributed by atoms with Crippen molar-refractivity contribution in [3.63, 3.8) is 0 Å². The van der Waals surface area contributed by atoms with Crippen LogP contribution in [0.15, 0.2) is 98.1 Å². The molecular formula is C16H20InN4. The molecule has 0 aliphatic heterocycles. The molecule has 0 amide bonds. The molecule has 107 valence electrons. The van der Waals surface area contributed by atoms with Gasteiger partial charge in [-0.15, -0.1) is 0 Å². The van der Waals surface area contributed by atoms with Gasteiger partial charge >= 0.3 is 0 Å². The molecule has 4 rings (SSSR count). The third-order valence-electron chi connectivity index (χ3n) is 1.98. The molecule has 5 heteroatoms. The molecule has 21 heavy (non-hydrogen) atoms. The summed E-state index contributed by atoms with van der Waals surface area (Å²) >= 11 is 0. The standard InChI is InChI=1S/4C4H5N.In/c4*1-2-4-5-3-1;/h4*1-5H;. The zero-order valence-corrected chi connectivity index (χ0v) is 15.1. The van der Waals surface area contributed by atoms with Gasteiger partial charge in [0, 0.05) is 75.4 Å². The summed E-state index contributed by atoms with van der Waals surface area (Å²) in [6.45, 7) is 0. The second kappa shape index (κ2) is 16.0. The van der Waals surface area contributed by atoms with E-state index in [-0.39, 0.29) is 25.8 Å². The average Bonchev–Trinajstić information content (AvgIpc) is 3.40. The molecule has 0 atom stereocenters. The minimum Gasteiger partial charge on any atom is -0.368 e. The molecule has 0 aliphatic rings. The number of aromatic amines is 4. The van der Waals surface area contributed by atoms with E-state index >= 15 is 0 Å². The molecule has 0 aliphatic carbocycles. The van der Waals surface area contributed by atoms with Crippen LogP contribution in [0.25, 0.3) is 0 Å². The first-order valence-corrected chi connectivity index (χ1v) is 6.31. The molecule has 0 spiro atoms. The summed E-state index contributed by atoms with van der Waals surface area (Å²) in [6.07, 6.45) is 15.0. The van der Waals surface area contributed by atoms with Crippen LogP contribution in [0.2, 0.25) is 0 Å². The zero-order valence-electron chi connectivity index (χ0n) is 11.8. The molecule has 4 N–H and O–H groups in total. The van der Waals surface area contributed by atoms with Crippen molar-refractivity contribution in [1.29, 1.82) is 0 Å².